The van der Waals surface area contributed by atoms with E-state index in [0.29, 0.717) is 0 Å². The van der Waals surface area contributed by atoms with Gasteiger partial charge in [-0.3, -0.25) is 9.78 Å². The van der Waals surface area contributed by atoms with Crippen molar-refractivity contribution in [1.82, 2.24) is 15.6 Å². The molecule has 1 aromatic heterocycles. The molecule has 0 aliphatic heterocycles. The maximum atomic E-state index is 11.8. The van der Waals surface area contributed by atoms with Crippen LogP contribution in [0.15, 0.2) is 24.4 Å². The number of hydrogen-bond donors (Lipinski definition) is 2. The molecule has 1 aliphatic carbocycles. The highest BCUT2D eigenvalue weighted by molar-refractivity contribution is 5.79. The van der Waals surface area contributed by atoms with Gasteiger partial charge >= 0.3 is 0 Å². The minimum Gasteiger partial charge on any atom is -0.359 e. The van der Waals surface area contributed by atoms with E-state index in [4.69, 9.17) is 0 Å². The predicted octanol–water partition coefficient (Wildman–Crippen LogP) is 1.65. The quantitative estimate of drug-likeness (QED) is 0.850. The van der Waals surface area contributed by atoms with E-state index in [1.54, 1.807) is 13.2 Å². The topological polar surface area (TPSA) is 54.0 Å². The van der Waals surface area contributed by atoms with E-state index in [1.807, 2.05) is 18.2 Å². The number of aromatic nitrogens is 1. The van der Waals surface area contributed by atoms with E-state index in [9.17, 15) is 4.79 Å². The number of nitrogens with one attached hydrogen (secondary N) is 2. The number of nitrogens with zero attached hydrogens (tertiary/aromatic N) is 1. The van der Waals surface area contributed by atoms with Crippen LogP contribution < -0.4 is 10.6 Å². The summed E-state index contributed by atoms with van der Waals surface area (Å²) in [6.45, 7) is 2.10. The zero-order valence-electron chi connectivity index (χ0n) is 11.0. The van der Waals surface area contributed by atoms with E-state index < -0.39 is 0 Å². The molecule has 1 aromatic rings. The van der Waals surface area contributed by atoms with Crippen molar-refractivity contribution in [3.63, 3.8) is 0 Å². The highest BCUT2D eigenvalue weighted by atomic mass is 16.1. The lowest BCUT2D eigenvalue weighted by Crippen LogP contribution is -2.41. The van der Waals surface area contributed by atoms with Crippen LogP contribution in [0.25, 0.3) is 0 Å². The van der Waals surface area contributed by atoms with Crippen molar-refractivity contribution in [2.24, 2.45) is 5.92 Å². The van der Waals surface area contributed by atoms with Gasteiger partial charge in [-0.2, -0.15) is 0 Å². The molecular formula is C14H21N3O. The van der Waals surface area contributed by atoms with Gasteiger partial charge in [0.05, 0.1) is 11.6 Å². The van der Waals surface area contributed by atoms with Crippen LogP contribution in [0.3, 0.4) is 0 Å². The maximum absolute atomic E-state index is 11.8. The van der Waals surface area contributed by atoms with Crippen LogP contribution in [0, 0.1) is 5.92 Å². The van der Waals surface area contributed by atoms with Crippen molar-refractivity contribution in [2.75, 3.05) is 7.05 Å². The molecule has 2 N–H and O–H groups in total. The molecule has 98 valence electrons. The molecule has 2 rings (SSSR count). The summed E-state index contributed by atoms with van der Waals surface area (Å²) in [5.41, 5.74) is 1.03. The maximum Gasteiger partial charge on any atom is 0.224 e. The largest absolute Gasteiger partial charge is 0.359 e. The van der Waals surface area contributed by atoms with Crippen molar-refractivity contribution < 1.29 is 4.79 Å². The number of pyridine rings is 1. The van der Waals surface area contributed by atoms with Crippen LogP contribution in [-0.4, -0.2) is 24.0 Å². The lowest BCUT2D eigenvalue weighted by Gasteiger charge is -2.23. The highest BCUT2D eigenvalue weighted by Crippen LogP contribution is 2.27. The Labute approximate surface area is 108 Å². The number of carbonyl (C=O) groups excluding carboxylic acids is 1. The van der Waals surface area contributed by atoms with Crippen molar-refractivity contribution in [1.29, 1.82) is 0 Å². The SMILES string of the molecule is CNC(=O)[C@@H]1CCC[C@H]1N[C@@H](C)c1ccccn1. The molecule has 0 bridgehead atoms. The summed E-state index contributed by atoms with van der Waals surface area (Å²) in [6, 6.07) is 6.37. The molecule has 0 aromatic carbocycles. The fourth-order valence-corrected chi connectivity index (χ4v) is 2.70. The van der Waals surface area contributed by atoms with Gasteiger partial charge in [0.1, 0.15) is 0 Å². The van der Waals surface area contributed by atoms with Crippen LogP contribution in [0.4, 0.5) is 0 Å². The summed E-state index contributed by atoms with van der Waals surface area (Å²) in [6.07, 6.45) is 4.96. The molecule has 1 saturated carbocycles. The summed E-state index contributed by atoms with van der Waals surface area (Å²) in [5.74, 6) is 0.249. The summed E-state index contributed by atoms with van der Waals surface area (Å²) >= 11 is 0. The molecule has 1 aliphatic rings. The van der Waals surface area contributed by atoms with E-state index in [1.165, 1.54) is 0 Å². The van der Waals surface area contributed by atoms with Gasteiger partial charge in [0.15, 0.2) is 0 Å². The fraction of sp³-hybridized carbons (Fsp3) is 0.571. The lowest BCUT2D eigenvalue weighted by atomic mass is 10.0. The van der Waals surface area contributed by atoms with Gasteiger partial charge in [-0.25, -0.2) is 0 Å². The Hall–Kier alpha value is -1.42. The third kappa shape index (κ3) is 2.88. The smallest absolute Gasteiger partial charge is 0.224 e. The highest BCUT2D eigenvalue weighted by Gasteiger charge is 2.33. The van der Waals surface area contributed by atoms with Gasteiger partial charge in [0.25, 0.3) is 0 Å². The summed E-state index contributed by atoms with van der Waals surface area (Å²) in [7, 11) is 1.71. The average molecular weight is 247 g/mol. The van der Waals surface area contributed by atoms with E-state index >= 15 is 0 Å². The Morgan fingerprint density at radius 2 is 2.28 bits per heavy atom. The monoisotopic (exact) mass is 247 g/mol. The first-order valence-electron chi connectivity index (χ1n) is 6.61. The van der Waals surface area contributed by atoms with E-state index in [0.717, 1.165) is 25.0 Å². The zero-order valence-corrected chi connectivity index (χ0v) is 11.0. The molecule has 0 radical (unpaired) electrons. The predicted molar refractivity (Wildman–Crippen MR) is 71.0 cm³/mol. The lowest BCUT2D eigenvalue weighted by molar-refractivity contribution is -0.124. The first-order chi connectivity index (χ1) is 8.72. The van der Waals surface area contributed by atoms with Crippen LogP contribution in [0.5, 0.6) is 0 Å². The van der Waals surface area contributed by atoms with E-state index in [2.05, 4.69) is 22.5 Å². The molecule has 0 saturated heterocycles. The molecule has 1 fully saturated rings. The molecule has 1 amide bonds. The first-order valence-corrected chi connectivity index (χ1v) is 6.61. The van der Waals surface area contributed by atoms with Crippen molar-refractivity contribution in [3.8, 4) is 0 Å². The minimum absolute atomic E-state index is 0.0983. The number of carbonyl (C=O) groups is 1. The second-order valence-corrected chi connectivity index (χ2v) is 4.90. The summed E-state index contributed by atoms with van der Waals surface area (Å²) in [5, 5.41) is 6.29. The third-order valence-corrected chi connectivity index (χ3v) is 3.69. The molecule has 18 heavy (non-hydrogen) atoms. The molecular weight excluding hydrogens is 226 g/mol. The van der Waals surface area contributed by atoms with Gasteiger partial charge in [-0.1, -0.05) is 12.5 Å². The fourth-order valence-electron chi connectivity index (χ4n) is 2.70. The van der Waals surface area contributed by atoms with Crippen LogP contribution >= 0.6 is 0 Å². The Kier molecular flexibility index (Phi) is 4.31. The van der Waals surface area contributed by atoms with Crippen LogP contribution in [0.1, 0.15) is 37.9 Å². The normalized spacial score (nSPS) is 24.8. The number of rotatable bonds is 4. The average Bonchev–Trinajstić information content (AvgIpc) is 2.87. The molecule has 4 heteroatoms. The summed E-state index contributed by atoms with van der Waals surface area (Å²) < 4.78 is 0. The Morgan fingerprint density at radius 1 is 1.44 bits per heavy atom. The first kappa shape index (κ1) is 13.0. The third-order valence-electron chi connectivity index (χ3n) is 3.69. The van der Waals surface area contributed by atoms with Crippen molar-refractivity contribution >= 4 is 5.91 Å². The van der Waals surface area contributed by atoms with Gasteiger partial charge in [-0.15, -0.1) is 0 Å². The molecule has 0 spiro atoms. The van der Waals surface area contributed by atoms with Gasteiger partial charge in [-0.05, 0) is 31.9 Å². The van der Waals surface area contributed by atoms with Crippen LogP contribution in [0.2, 0.25) is 0 Å². The van der Waals surface area contributed by atoms with Crippen molar-refractivity contribution in [3.05, 3.63) is 30.1 Å². The molecule has 4 nitrogen and oxygen atoms in total. The summed E-state index contributed by atoms with van der Waals surface area (Å²) in [4.78, 5) is 16.1. The van der Waals surface area contributed by atoms with Gasteiger partial charge in [0.2, 0.25) is 5.91 Å². The Bertz CT molecular complexity index is 393. The second kappa shape index (κ2) is 5.96. The van der Waals surface area contributed by atoms with Gasteiger partial charge in [0, 0.05) is 25.3 Å². The number of amides is 1. The van der Waals surface area contributed by atoms with E-state index in [-0.39, 0.29) is 23.9 Å². The van der Waals surface area contributed by atoms with Crippen LogP contribution in [-0.2, 0) is 4.79 Å². The van der Waals surface area contributed by atoms with Gasteiger partial charge < -0.3 is 10.6 Å². The molecule has 3 atom stereocenters. The van der Waals surface area contributed by atoms with Crippen molar-refractivity contribution in [2.45, 2.75) is 38.3 Å². The Balaban J connectivity index is 1.98. The molecule has 0 unspecified atom stereocenters. The minimum atomic E-state index is 0.0983. The standard InChI is InChI=1S/C14H21N3O/c1-10(12-7-3-4-9-16-12)17-13-8-5-6-11(13)14(18)15-2/h3-4,7,9-11,13,17H,5-6,8H2,1-2H3,(H,15,18)/t10-,11+,13+/m0/s1. The zero-order chi connectivity index (χ0) is 13.0. The Morgan fingerprint density at radius 3 is 2.94 bits per heavy atom. The number of hydrogen-bond acceptors (Lipinski definition) is 3. The second-order valence-electron chi connectivity index (χ2n) is 4.90. The molecule has 1 heterocycles.